The molecule has 10 heteroatoms. The molecular formula is C22H16N6O4. The number of benzene rings is 2. The summed E-state index contributed by atoms with van der Waals surface area (Å²) in [7, 11) is 0. The van der Waals surface area contributed by atoms with Gasteiger partial charge in [0.15, 0.2) is 5.69 Å². The number of ether oxygens (including phenoxy) is 1. The van der Waals surface area contributed by atoms with E-state index in [1.165, 1.54) is 18.2 Å². The van der Waals surface area contributed by atoms with E-state index in [0.29, 0.717) is 22.3 Å². The maximum Gasteiger partial charge on any atom is 0.276 e. The number of imidazole rings is 1. The molecule has 0 saturated heterocycles. The van der Waals surface area contributed by atoms with Gasteiger partial charge in [0, 0.05) is 41.7 Å². The minimum absolute atomic E-state index is 0.0692. The fourth-order valence-corrected chi connectivity index (χ4v) is 3.36. The molecule has 1 amide bonds. The molecule has 0 aliphatic heterocycles. The molecule has 5 aromatic rings. The molecule has 0 atom stereocenters. The number of rotatable bonds is 6. The molecule has 3 heterocycles. The van der Waals surface area contributed by atoms with E-state index in [1.54, 1.807) is 24.3 Å². The van der Waals surface area contributed by atoms with Crippen molar-refractivity contribution in [2.24, 2.45) is 0 Å². The molecule has 0 saturated carbocycles. The predicted molar refractivity (Wildman–Crippen MR) is 117 cm³/mol. The second-order valence-corrected chi connectivity index (χ2v) is 7.03. The Labute approximate surface area is 180 Å². The normalized spacial score (nSPS) is 11.0. The van der Waals surface area contributed by atoms with Crippen molar-refractivity contribution in [2.75, 3.05) is 5.32 Å². The quantitative estimate of drug-likeness (QED) is 0.311. The minimum atomic E-state index is -0.516. The molecule has 0 aliphatic rings. The summed E-state index contributed by atoms with van der Waals surface area (Å²) in [5.74, 6) is 0.0663. The molecule has 32 heavy (non-hydrogen) atoms. The molecule has 2 N–H and O–H groups in total. The second-order valence-electron chi connectivity index (χ2n) is 7.03. The third-order valence-corrected chi connectivity index (χ3v) is 4.86. The van der Waals surface area contributed by atoms with Crippen LogP contribution in [0.2, 0.25) is 0 Å². The lowest BCUT2D eigenvalue weighted by atomic mass is 10.2. The van der Waals surface area contributed by atoms with Crippen LogP contribution in [0.3, 0.4) is 0 Å². The number of nitrogens with zero attached hydrogens (tertiary/aromatic N) is 4. The molecule has 0 spiro atoms. The lowest BCUT2D eigenvalue weighted by Gasteiger charge is -2.08. The number of pyridine rings is 1. The smallest absolute Gasteiger partial charge is 0.276 e. The number of fused-ring (bicyclic) bond motifs is 2. The van der Waals surface area contributed by atoms with Crippen LogP contribution in [0.15, 0.2) is 73.1 Å². The molecule has 3 aromatic heterocycles. The van der Waals surface area contributed by atoms with Gasteiger partial charge in [-0.25, -0.2) is 4.98 Å². The van der Waals surface area contributed by atoms with Gasteiger partial charge in [-0.15, -0.1) is 0 Å². The lowest BCUT2D eigenvalue weighted by molar-refractivity contribution is -0.384. The number of hydrogen-bond donors (Lipinski definition) is 2. The summed E-state index contributed by atoms with van der Waals surface area (Å²) >= 11 is 0. The van der Waals surface area contributed by atoms with Gasteiger partial charge in [0.2, 0.25) is 0 Å². The van der Waals surface area contributed by atoms with Crippen LogP contribution in [0.1, 0.15) is 16.2 Å². The van der Waals surface area contributed by atoms with Gasteiger partial charge in [0.25, 0.3) is 11.6 Å². The fraction of sp³-hybridized carbons (Fsp3) is 0.0455. The maximum absolute atomic E-state index is 12.7. The van der Waals surface area contributed by atoms with Crippen LogP contribution in [0.4, 0.5) is 11.4 Å². The molecular weight excluding hydrogens is 412 g/mol. The van der Waals surface area contributed by atoms with Crippen LogP contribution < -0.4 is 10.1 Å². The number of nitrogens with one attached hydrogen (secondary N) is 2. The number of nitro benzene ring substituents is 1. The number of carbonyl (C=O) groups excluding carboxylic acids is 1. The minimum Gasteiger partial charge on any atom is -0.487 e. The van der Waals surface area contributed by atoms with Crippen molar-refractivity contribution >= 4 is 33.8 Å². The highest BCUT2D eigenvalue weighted by atomic mass is 16.6. The first-order valence-electron chi connectivity index (χ1n) is 9.66. The number of aromatic amines is 1. The van der Waals surface area contributed by atoms with Crippen LogP contribution in [-0.2, 0) is 6.61 Å². The van der Waals surface area contributed by atoms with Crippen molar-refractivity contribution in [1.82, 2.24) is 19.6 Å². The van der Waals surface area contributed by atoms with E-state index in [4.69, 9.17) is 4.74 Å². The zero-order chi connectivity index (χ0) is 22.1. The van der Waals surface area contributed by atoms with Crippen molar-refractivity contribution in [2.45, 2.75) is 6.61 Å². The molecule has 0 unspecified atom stereocenters. The molecule has 0 fully saturated rings. The Kier molecular flexibility index (Phi) is 4.71. The molecule has 158 valence electrons. The number of amides is 1. The van der Waals surface area contributed by atoms with E-state index in [-0.39, 0.29) is 18.0 Å². The van der Waals surface area contributed by atoms with Gasteiger partial charge in [-0.2, -0.15) is 5.10 Å². The van der Waals surface area contributed by atoms with Crippen LogP contribution >= 0.6 is 0 Å². The predicted octanol–water partition coefficient (Wildman–Crippen LogP) is 3.95. The van der Waals surface area contributed by atoms with Gasteiger partial charge in [-0.05, 0) is 30.3 Å². The van der Waals surface area contributed by atoms with Crippen LogP contribution in [0, 0.1) is 10.1 Å². The van der Waals surface area contributed by atoms with Crippen molar-refractivity contribution in [1.29, 1.82) is 0 Å². The molecule has 2 aromatic carbocycles. The first-order valence-corrected chi connectivity index (χ1v) is 9.66. The number of hydrogen-bond acceptors (Lipinski definition) is 6. The Morgan fingerprint density at radius 3 is 2.91 bits per heavy atom. The Bertz CT molecular complexity index is 1440. The Morgan fingerprint density at radius 2 is 2.06 bits per heavy atom. The van der Waals surface area contributed by atoms with E-state index in [2.05, 4.69) is 20.5 Å². The fourth-order valence-electron chi connectivity index (χ4n) is 3.36. The zero-order valence-electron chi connectivity index (χ0n) is 16.6. The first-order chi connectivity index (χ1) is 15.6. The number of anilines is 1. The van der Waals surface area contributed by atoms with E-state index in [0.717, 1.165) is 11.3 Å². The van der Waals surface area contributed by atoms with Crippen molar-refractivity contribution < 1.29 is 14.5 Å². The monoisotopic (exact) mass is 428 g/mol. The summed E-state index contributed by atoms with van der Waals surface area (Å²) in [6, 6.07) is 16.9. The van der Waals surface area contributed by atoms with Gasteiger partial charge < -0.3 is 14.5 Å². The van der Waals surface area contributed by atoms with Gasteiger partial charge in [0.1, 0.15) is 18.0 Å². The SMILES string of the molecule is O=C(Nc1cccc(OCc2cn3ccccc3n2)c1)c1n[nH]c2ccc([N+](=O)[O-])cc12. The summed E-state index contributed by atoms with van der Waals surface area (Å²) in [6.45, 7) is 0.271. The largest absolute Gasteiger partial charge is 0.487 e. The molecule has 5 rings (SSSR count). The summed E-state index contributed by atoms with van der Waals surface area (Å²) in [5.41, 5.74) is 2.60. The summed E-state index contributed by atoms with van der Waals surface area (Å²) in [5, 5.41) is 20.9. The number of nitro groups is 1. The van der Waals surface area contributed by atoms with Crippen LogP contribution in [-0.4, -0.2) is 30.4 Å². The van der Waals surface area contributed by atoms with Crippen LogP contribution in [0.25, 0.3) is 16.6 Å². The summed E-state index contributed by atoms with van der Waals surface area (Å²) in [4.78, 5) is 27.8. The molecule has 0 radical (unpaired) electrons. The third-order valence-electron chi connectivity index (χ3n) is 4.86. The van der Waals surface area contributed by atoms with E-state index in [1.807, 2.05) is 35.0 Å². The van der Waals surface area contributed by atoms with Crippen LogP contribution in [0.5, 0.6) is 5.75 Å². The molecule has 0 aliphatic carbocycles. The van der Waals surface area contributed by atoms with Crippen molar-refractivity contribution in [3.05, 3.63) is 94.6 Å². The third kappa shape index (κ3) is 3.72. The average molecular weight is 428 g/mol. The number of aromatic nitrogens is 4. The van der Waals surface area contributed by atoms with Gasteiger partial charge in [0.05, 0.1) is 16.1 Å². The average Bonchev–Trinajstić information content (AvgIpc) is 3.41. The number of non-ortho nitro benzene ring substituents is 1. The van der Waals surface area contributed by atoms with Crippen molar-refractivity contribution in [3.8, 4) is 5.75 Å². The zero-order valence-corrected chi connectivity index (χ0v) is 16.6. The first kappa shape index (κ1) is 19.2. The number of H-pyrrole nitrogens is 1. The Hall–Kier alpha value is -4.73. The lowest BCUT2D eigenvalue weighted by Crippen LogP contribution is -2.13. The number of carbonyl (C=O) groups is 1. The second kappa shape index (κ2) is 7.84. The Morgan fingerprint density at radius 1 is 1.16 bits per heavy atom. The standard InChI is InChI=1S/C22H16N6O4/c29-22(21-18-11-16(28(30)31)7-8-19(18)25-26-21)24-14-4-3-5-17(10-14)32-13-15-12-27-9-2-1-6-20(27)23-15/h1-12H,13H2,(H,24,29)(H,25,26). The Balaban J connectivity index is 1.31. The van der Waals surface area contributed by atoms with E-state index >= 15 is 0 Å². The summed E-state index contributed by atoms with van der Waals surface area (Å²) < 4.78 is 7.73. The van der Waals surface area contributed by atoms with Gasteiger partial charge in [-0.3, -0.25) is 20.0 Å². The van der Waals surface area contributed by atoms with E-state index < -0.39 is 10.8 Å². The summed E-state index contributed by atoms with van der Waals surface area (Å²) in [6.07, 6.45) is 3.80. The highest BCUT2D eigenvalue weighted by Gasteiger charge is 2.17. The highest BCUT2D eigenvalue weighted by molar-refractivity contribution is 6.11. The maximum atomic E-state index is 12.7. The van der Waals surface area contributed by atoms with Gasteiger partial charge >= 0.3 is 0 Å². The molecule has 0 bridgehead atoms. The van der Waals surface area contributed by atoms with Crippen molar-refractivity contribution in [3.63, 3.8) is 0 Å². The van der Waals surface area contributed by atoms with E-state index in [9.17, 15) is 14.9 Å². The topological polar surface area (TPSA) is 127 Å². The van der Waals surface area contributed by atoms with Gasteiger partial charge in [-0.1, -0.05) is 12.1 Å². The molecule has 10 nitrogen and oxygen atoms in total. The highest BCUT2D eigenvalue weighted by Crippen LogP contribution is 2.24.